The zero-order chi connectivity index (χ0) is 15.5. The number of nitrogens with zero attached hydrogens (tertiary/aromatic N) is 1. The van der Waals surface area contributed by atoms with E-state index < -0.39 is 16.0 Å². The van der Waals surface area contributed by atoms with Crippen molar-refractivity contribution in [3.05, 3.63) is 53.9 Å². The Morgan fingerprint density at radius 3 is 2.52 bits per heavy atom. The monoisotopic (exact) mass is 306 g/mol. The van der Waals surface area contributed by atoms with Crippen LogP contribution in [0.1, 0.15) is 11.3 Å². The average Bonchev–Trinajstić information content (AvgIpc) is 2.40. The number of rotatable bonds is 5. The maximum absolute atomic E-state index is 12.3. The predicted octanol–water partition coefficient (Wildman–Crippen LogP) is 1.82. The molecule has 0 saturated carbocycles. The van der Waals surface area contributed by atoms with Crippen LogP contribution in [0.2, 0.25) is 0 Å². The number of anilines is 1. The number of sulfonamides is 1. The third kappa shape index (κ3) is 3.79. The topological polar surface area (TPSA) is 96.4 Å². The molecule has 0 aliphatic heterocycles. The third-order valence-corrected chi connectivity index (χ3v) is 4.33. The van der Waals surface area contributed by atoms with Crippen molar-refractivity contribution >= 4 is 21.7 Å². The maximum Gasteiger partial charge on any atom is 0.309 e. The van der Waals surface area contributed by atoms with Gasteiger partial charge in [0.15, 0.2) is 0 Å². The van der Waals surface area contributed by atoms with Crippen LogP contribution in [0.25, 0.3) is 0 Å². The minimum absolute atomic E-state index is 0.194. The van der Waals surface area contributed by atoms with E-state index in [1.807, 2.05) is 0 Å². The molecular formula is C14H14N2O4S. The first-order valence-electron chi connectivity index (χ1n) is 6.13. The van der Waals surface area contributed by atoms with E-state index in [-0.39, 0.29) is 17.0 Å². The Bertz CT molecular complexity index is 755. The second kappa shape index (κ2) is 5.92. The lowest BCUT2D eigenvalue weighted by molar-refractivity contribution is -0.136. The lowest BCUT2D eigenvalue weighted by Gasteiger charge is -2.10. The van der Waals surface area contributed by atoms with Gasteiger partial charge in [0.25, 0.3) is 10.0 Å². The second-order valence-corrected chi connectivity index (χ2v) is 6.13. The molecule has 2 rings (SSSR count). The van der Waals surface area contributed by atoms with Crippen LogP contribution in [0, 0.1) is 6.92 Å². The van der Waals surface area contributed by atoms with Crippen molar-refractivity contribution in [1.29, 1.82) is 0 Å². The van der Waals surface area contributed by atoms with Gasteiger partial charge in [0, 0.05) is 0 Å². The molecule has 0 radical (unpaired) electrons. The van der Waals surface area contributed by atoms with E-state index >= 15 is 0 Å². The van der Waals surface area contributed by atoms with Gasteiger partial charge in [-0.05, 0) is 30.7 Å². The molecule has 1 aromatic carbocycles. The number of carboxylic acids is 1. The van der Waals surface area contributed by atoms with Crippen molar-refractivity contribution in [2.75, 3.05) is 4.72 Å². The van der Waals surface area contributed by atoms with Crippen molar-refractivity contribution in [3.63, 3.8) is 0 Å². The number of hydrogen-bond acceptors (Lipinski definition) is 4. The lowest BCUT2D eigenvalue weighted by Crippen LogP contribution is -2.14. The SMILES string of the molecule is Cc1ccccc1S(=O)(=O)Nc1ccc(CC(=O)O)nc1. The van der Waals surface area contributed by atoms with Crippen molar-refractivity contribution in [3.8, 4) is 0 Å². The number of aryl methyl sites for hydroxylation is 1. The van der Waals surface area contributed by atoms with Crippen LogP contribution in [0.15, 0.2) is 47.5 Å². The molecule has 7 heteroatoms. The van der Waals surface area contributed by atoms with E-state index in [1.54, 1.807) is 25.1 Å². The maximum atomic E-state index is 12.3. The van der Waals surface area contributed by atoms with Crippen molar-refractivity contribution < 1.29 is 18.3 Å². The van der Waals surface area contributed by atoms with Gasteiger partial charge in [-0.1, -0.05) is 18.2 Å². The standard InChI is InChI=1S/C14H14N2O4S/c1-10-4-2-3-5-13(10)21(19,20)16-12-7-6-11(15-9-12)8-14(17)18/h2-7,9,16H,8H2,1H3,(H,17,18). The number of hydrogen-bond donors (Lipinski definition) is 2. The highest BCUT2D eigenvalue weighted by atomic mass is 32.2. The molecule has 21 heavy (non-hydrogen) atoms. The molecule has 1 aromatic heterocycles. The van der Waals surface area contributed by atoms with Crippen LogP contribution in [0.3, 0.4) is 0 Å². The Hall–Kier alpha value is -2.41. The summed E-state index contributed by atoms with van der Waals surface area (Å²) >= 11 is 0. The molecule has 2 aromatic rings. The zero-order valence-corrected chi connectivity index (χ0v) is 12.1. The van der Waals surface area contributed by atoms with Crippen LogP contribution >= 0.6 is 0 Å². The fourth-order valence-electron chi connectivity index (χ4n) is 1.81. The van der Waals surface area contributed by atoms with Crippen LogP contribution in [-0.4, -0.2) is 24.5 Å². The molecule has 0 atom stereocenters. The highest BCUT2D eigenvalue weighted by Crippen LogP contribution is 2.18. The molecule has 0 unspecified atom stereocenters. The first-order chi connectivity index (χ1) is 9.88. The molecule has 0 saturated heterocycles. The summed E-state index contributed by atoms with van der Waals surface area (Å²) in [5.41, 5.74) is 1.29. The van der Waals surface area contributed by atoms with Gasteiger partial charge in [-0.25, -0.2) is 8.42 Å². The summed E-state index contributed by atoms with van der Waals surface area (Å²) in [5.74, 6) is -0.990. The van der Waals surface area contributed by atoms with Gasteiger partial charge in [-0.3, -0.25) is 14.5 Å². The average molecular weight is 306 g/mol. The Balaban J connectivity index is 2.21. The highest BCUT2D eigenvalue weighted by Gasteiger charge is 2.16. The molecule has 110 valence electrons. The summed E-state index contributed by atoms with van der Waals surface area (Å²) in [6.45, 7) is 1.71. The normalized spacial score (nSPS) is 11.1. The first-order valence-corrected chi connectivity index (χ1v) is 7.62. The number of carbonyl (C=O) groups is 1. The van der Waals surface area contributed by atoms with Crippen molar-refractivity contribution in [2.45, 2.75) is 18.2 Å². The smallest absolute Gasteiger partial charge is 0.309 e. The number of carboxylic acid groups (broad SMARTS) is 1. The molecular weight excluding hydrogens is 292 g/mol. The molecule has 1 heterocycles. The molecule has 0 aliphatic rings. The van der Waals surface area contributed by atoms with Crippen LogP contribution < -0.4 is 4.72 Å². The van der Waals surface area contributed by atoms with Gasteiger partial charge in [-0.2, -0.15) is 0 Å². The number of aliphatic carboxylic acids is 1. The Morgan fingerprint density at radius 1 is 1.24 bits per heavy atom. The molecule has 0 aliphatic carbocycles. The van der Waals surface area contributed by atoms with Gasteiger partial charge in [0.2, 0.25) is 0 Å². The molecule has 0 bridgehead atoms. The fraction of sp³-hybridized carbons (Fsp3) is 0.143. The van der Waals surface area contributed by atoms with E-state index in [4.69, 9.17) is 5.11 Å². The summed E-state index contributed by atoms with van der Waals surface area (Å²) in [7, 11) is -3.69. The lowest BCUT2D eigenvalue weighted by atomic mass is 10.2. The fourth-order valence-corrected chi connectivity index (χ4v) is 3.10. The van der Waals surface area contributed by atoms with Crippen molar-refractivity contribution in [1.82, 2.24) is 4.98 Å². The van der Waals surface area contributed by atoms with Gasteiger partial charge in [0.05, 0.1) is 28.9 Å². The molecule has 0 spiro atoms. The molecule has 2 N–H and O–H groups in total. The Kier molecular flexibility index (Phi) is 4.23. The predicted molar refractivity (Wildman–Crippen MR) is 77.6 cm³/mol. The minimum Gasteiger partial charge on any atom is -0.481 e. The van der Waals surface area contributed by atoms with E-state index in [1.165, 1.54) is 24.4 Å². The number of pyridine rings is 1. The summed E-state index contributed by atoms with van der Waals surface area (Å²) < 4.78 is 26.9. The van der Waals surface area contributed by atoms with Crippen LogP contribution in [-0.2, 0) is 21.2 Å². The van der Waals surface area contributed by atoms with Crippen LogP contribution in [0.4, 0.5) is 5.69 Å². The number of nitrogens with one attached hydrogen (secondary N) is 1. The van der Waals surface area contributed by atoms with E-state index in [0.29, 0.717) is 11.3 Å². The summed E-state index contributed by atoms with van der Waals surface area (Å²) in [4.78, 5) is 14.7. The van der Waals surface area contributed by atoms with E-state index in [9.17, 15) is 13.2 Å². The molecule has 0 fully saturated rings. The minimum atomic E-state index is -3.69. The van der Waals surface area contributed by atoms with Crippen LogP contribution in [0.5, 0.6) is 0 Å². The number of benzene rings is 1. The highest BCUT2D eigenvalue weighted by molar-refractivity contribution is 7.92. The van der Waals surface area contributed by atoms with Gasteiger partial charge >= 0.3 is 5.97 Å². The third-order valence-electron chi connectivity index (χ3n) is 2.79. The summed E-state index contributed by atoms with van der Waals surface area (Å²) in [6.07, 6.45) is 1.10. The quantitative estimate of drug-likeness (QED) is 0.878. The Labute approximate surface area is 122 Å². The number of aromatic nitrogens is 1. The molecule has 0 amide bonds. The van der Waals surface area contributed by atoms with E-state index in [2.05, 4.69) is 9.71 Å². The molecule has 6 nitrogen and oxygen atoms in total. The first kappa shape index (κ1) is 15.0. The van der Waals surface area contributed by atoms with Gasteiger partial charge in [0.1, 0.15) is 0 Å². The van der Waals surface area contributed by atoms with Gasteiger partial charge in [-0.15, -0.1) is 0 Å². The van der Waals surface area contributed by atoms with Gasteiger partial charge < -0.3 is 5.11 Å². The van der Waals surface area contributed by atoms with E-state index in [0.717, 1.165) is 0 Å². The second-order valence-electron chi connectivity index (χ2n) is 4.48. The summed E-state index contributed by atoms with van der Waals surface area (Å²) in [6, 6.07) is 9.60. The summed E-state index contributed by atoms with van der Waals surface area (Å²) in [5, 5.41) is 8.65. The zero-order valence-electron chi connectivity index (χ0n) is 11.3. The van der Waals surface area contributed by atoms with Crippen molar-refractivity contribution in [2.24, 2.45) is 0 Å². The largest absolute Gasteiger partial charge is 0.481 e. The Morgan fingerprint density at radius 2 is 1.95 bits per heavy atom.